The first-order valence-electron chi connectivity index (χ1n) is 6.25. The Labute approximate surface area is 113 Å². The molecule has 104 valence electrons. The summed E-state index contributed by atoms with van der Waals surface area (Å²) in [6.07, 6.45) is 0.318. The molecule has 0 bridgehead atoms. The Balaban J connectivity index is 2.78. The summed E-state index contributed by atoms with van der Waals surface area (Å²) in [7, 11) is 0. The molecule has 0 radical (unpaired) electrons. The zero-order chi connectivity index (χ0) is 14.4. The Bertz CT molecular complexity index is 470. The van der Waals surface area contributed by atoms with Gasteiger partial charge in [-0.3, -0.25) is 4.79 Å². The van der Waals surface area contributed by atoms with Crippen molar-refractivity contribution in [3.8, 4) is 0 Å². The number of hydrogen-bond donors (Lipinski definition) is 2. The first-order valence-corrected chi connectivity index (χ1v) is 6.25. The van der Waals surface area contributed by atoms with Gasteiger partial charge in [0.15, 0.2) is 5.84 Å². The highest BCUT2D eigenvalue weighted by Gasteiger charge is 2.18. The lowest BCUT2D eigenvalue weighted by Crippen LogP contribution is -2.43. The lowest BCUT2D eigenvalue weighted by molar-refractivity contribution is -0.131. The van der Waals surface area contributed by atoms with Gasteiger partial charge in [0.05, 0.1) is 13.0 Å². The van der Waals surface area contributed by atoms with E-state index in [0.717, 1.165) is 11.1 Å². The fourth-order valence-corrected chi connectivity index (χ4v) is 1.86. The number of rotatable bonds is 5. The van der Waals surface area contributed by atoms with Gasteiger partial charge in [0.25, 0.3) is 0 Å². The second kappa shape index (κ2) is 6.78. The van der Waals surface area contributed by atoms with Gasteiger partial charge in [-0.05, 0) is 26.3 Å². The van der Waals surface area contributed by atoms with Crippen LogP contribution < -0.4 is 5.73 Å². The van der Waals surface area contributed by atoms with Crippen LogP contribution in [-0.4, -0.2) is 34.4 Å². The SMILES string of the molecule is Cc1cccc(CC(=O)N(CC(N)=NO)C(C)C)c1. The number of amides is 1. The third kappa shape index (κ3) is 4.62. The Morgan fingerprint density at radius 3 is 2.68 bits per heavy atom. The molecular formula is C14H21N3O2. The van der Waals surface area contributed by atoms with Gasteiger partial charge in [-0.25, -0.2) is 0 Å². The van der Waals surface area contributed by atoms with Crippen LogP contribution in [0.25, 0.3) is 0 Å². The molecule has 0 fully saturated rings. The van der Waals surface area contributed by atoms with Crippen LogP contribution in [0.3, 0.4) is 0 Å². The maximum atomic E-state index is 12.3. The van der Waals surface area contributed by atoms with Gasteiger partial charge in [0.2, 0.25) is 5.91 Å². The minimum atomic E-state index is -0.0350. The van der Waals surface area contributed by atoms with Crippen LogP contribution in [0.2, 0.25) is 0 Å². The van der Waals surface area contributed by atoms with Crippen LogP contribution in [-0.2, 0) is 11.2 Å². The van der Waals surface area contributed by atoms with E-state index in [1.54, 1.807) is 4.90 Å². The number of carbonyl (C=O) groups is 1. The van der Waals surface area contributed by atoms with Gasteiger partial charge >= 0.3 is 0 Å². The predicted molar refractivity (Wildman–Crippen MR) is 75.1 cm³/mol. The molecule has 0 aromatic heterocycles. The van der Waals surface area contributed by atoms with E-state index in [-0.39, 0.29) is 24.3 Å². The fourth-order valence-electron chi connectivity index (χ4n) is 1.86. The van der Waals surface area contributed by atoms with E-state index in [9.17, 15) is 4.79 Å². The van der Waals surface area contributed by atoms with Crippen molar-refractivity contribution in [3.05, 3.63) is 35.4 Å². The van der Waals surface area contributed by atoms with Crippen molar-refractivity contribution in [2.45, 2.75) is 33.2 Å². The summed E-state index contributed by atoms with van der Waals surface area (Å²) in [5.41, 5.74) is 7.56. The molecule has 0 aliphatic carbocycles. The minimum Gasteiger partial charge on any atom is -0.409 e. The molecule has 0 spiro atoms. The molecule has 0 atom stereocenters. The third-order valence-electron chi connectivity index (χ3n) is 2.84. The number of oxime groups is 1. The van der Waals surface area contributed by atoms with Crippen molar-refractivity contribution in [2.75, 3.05) is 6.54 Å². The zero-order valence-electron chi connectivity index (χ0n) is 11.6. The molecule has 0 aliphatic rings. The fraction of sp³-hybridized carbons (Fsp3) is 0.429. The molecule has 5 heteroatoms. The van der Waals surface area contributed by atoms with Crippen molar-refractivity contribution in [2.24, 2.45) is 10.9 Å². The summed E-state index contributed by atoms with van der Waals surface area (Å²) >= 11 is 0. The molecular weight excluding hydrogens is 242 g/mol. The predicted octanol–water partition coefficient (Wildman–Crippen LogP) is 1.52. The average Bonchev–Trinajstić information content (AvgIpc) is 2.35. The van der Waals surface area contributed by atoms with E-state index >= 15 is 0 Å². The Kier molecular flexibility index (Phi) is 5.36. The molecule has 5 nitrogen and oxygen atoms in total. The van der Waals surface area contributed by atoms with Crippen molar-refractivity contribution >= 4 is 11.7 Å². The number of carbonyl (C=O) groups excluding carboxylic acids is 1. The van der Waals surface area contributed by atoms with Crippen LogP contribution in [0.4, 0.5) is 0 Å². The number of aryl methyl sites for hydroxylation is 1. The summed E-state index contributed by atoms with van der Waals surface area (Å²) in [5.74, 6) is -0.00140. The lowest BCUT2D eigenvalue weighted by Gasteiger charge is -2.26. The van der Waals surface area contributed by atoms with E-state index < -0.39 is 0 Å². The van der Waals surface area contributed by atoms with Crippen molar-refractivity contribution in [1.29, 1.82) is 0 Å². The monoisotopic (exact) mass is 263 g/mol. The number of nitrogens with two attached hydrogens (primary N) is 1. The topological polar surface area (TPSA) is 78.9 Å². The van der Waals surface area contributed by atoms with E-state index in [2.05, 4.69) is 5.16 Å². The molecule has 19 heavy (non-hydrogen) atoms. The number of nitrogens with zero attached hydrogens (tertiary/aromatic N) is 2. The molecule has 0 aliphatic heterocycles. The molecule has 3 N–H and O–H groups in total. The molecule has 1 amide bonds. The first-order chi connectivity index (χ1) is 8.93. The number of benzene rings is 1. The maximum absolute atomic E-state index is 12.3. The average molecular weight is 263 g/mol. The van der Waals surface area contributed by atoms with Crippen LogP contribution in [0.15, 0.2) is 29.4 Å². The van der Waals surface area contributed by atoms with Crippen LogP contribution >= 0.6 is 0 Å². The van der Waals surface area contributed by atoms with Crippen LogP contribution in [0.5, 0.6) is 0 Å². The van der Waals surface area contributed by atoms with Gasteiger partial charge in [0, 0.05) is 6.04 Å². The van der Waals surface area contributed by atoms with Crippen LogP contribution in [0.1, 0.15) is 25.0 Å². The van der Waals surface area contributed by atoms with E-state index in [1.807, 2.05) is 45.0 Å². The van der Waals surface area contributed by atoms with Gasteiger partial charge in [-0.2, -0.15) is 0 Å². The molecule has 1 aromatic carbocycles. The minimum absolute atomic E-state index is 0.00221. The highest BCUT2D eigenvalue weighted by Crippen LogP contribution is 2.08. The van der Waals surface area contributed by atoms with Crippen LogP contribution in [0, 0.1) is 6.92 Å². The summed E-state index contributed by atoms with van der Waals surface area (Å²) in [6.45, 7) is 5.93. The molecule has 1 aromatic rings. The van der Waals surface area contributed by atoms with Crippen molar-refractivity contribution in [1.82, 2.24) is 4.90 Å². The van der Waals surface area contributed by atoms with Gasteiger partial charge in [0.1, 0.15) is 0 Å². The molecule has 0 heterocycles. The normalized spacial score (nSPS) is 11.7. The Hall–Kier alpha value is -2.04. The summed E-state index contributed by atoms with van der Waals surface area (Å²) in [5, 5.41) is 11.5. The van der Waals surface area contributed by atoms with E-state index in [1.165, 1.54) is 0 Å². The third-order valence-corrected chi connectivity index (χ3v) is 2.84. The highest BCUT2D eigenvalue weighted by molar-refractivity contribution is 5.87. The molecule has 0 saturated carbocycles. The molecule has 0 unspecified atom stereocenters. The van der Waals surface area contributed by atoms with Gasteiger partial charge in [-0.1, -0.05) is 35.0 Å². The molecule has 0 saturated heterocycles. The first kappa shape index (κ1) is 15.0. The largest absolute Gasteiger partial charge is 0.409 e. The second-order valence-corrected chi connectivity index (χ2v) is 4.87. The van der Waals surface area contributed by atoms with Gasteiger partial charge in [-0.15, -0.1) is 0 Å². The standard InChI is InChI=1S/C14H21N3O2/c1-10(2)17(9-13(15)16-19)14(18)8-12-6-4-5-11(3)7-12/h4-7,10,19H,8-9H2,1-3H3,(H2,15,16). The molecule has 1 rings (SSSR count). The quantitative estimate of drug-likeness (QED) is 0.366. The van der Waals surface area contributed by atoms with Gasteiger partial charge < -0.3 is 15.8 Å². The zero-order valence-corrected chi connectivity index (χ0v) is 11.6. The number of hydrogen-bond acceptors (Lipinski definition) is 3. The van der Waals surface area contributed by atoms with Crippen molar-refractivity contribution < 1.29 is 10.0 Å². The Morgan fingerprint density at radius 2 is 2.16 bits per heavy atom. The summed E-state index contributed by atoms with van der Waals surface area (Å²) in [6, 6.07) is 7.83. The summed E-state index contributed by atoms with van der Waals surface area (Å²) in [4.78, 5) is 13.8. The van der Waals surface area contributed by atoms with E-state index in [0.29, 0.717) is 6.42 Å². The highest BCUT2D eigenvalue weighted by atomic mass is 16.4. The lowest BCUT2D eigenvalue weighted by atomic mass is 10.1. The van der Waals surface area contributed by atoms with Crippen molar-refractivity contribution in [3.63, 3.8) is 0 Å². The van der Waals surface area contributed by atoms with E-state index in [4.69, 9.17) is 10.9 Å². The second-order valence-electron chi connectivity index (χ2n) is 4.87. The summed E-state index contributed by atoms with van der Waals surface area (Å²) < 4.78 is 0. The maximum Gasteiger partial charge on any atom is 0.227 e. The Morgan fingerprint density at radius 1 is 1.47 bits per heavy atom. The smallest absolute Gasteiger partial charge is 0.227 e. The number of amidine groups is 1.